The number of nitrogens with zero attached hydrogens (tertiary/aromatic N) is 3. The molecule has 2 aliphatic heterocycles. The van der Waals surface area contributed by atoms with E-state index in [-0.39, 0.29) is 11.8 Å². The summed E-state index contributed by atoms with van der Waals surface area (Å²) in [7, 11) is 0. The lowest BCUT2D eigenvalue weighted by molar-refractivity contribution is -0.134. The molecule has 2 aromatic rings. The molecule has 1 amide bonds. The van der Waals surface area contributed by atoms with Crippen molar-refractivity contribution in [1.82, 2.24) is 14.7 Å². The normalized spacial score (nSPS) is 20.8. The van der Waals surface area contributed by atoms with E-state index in [1.165, 1.54) is 5.56 Å². The van der Waals surface area contributed by atoms with Gasteiger partial charge in [-0.15, -0.1) is 0 Å². The number of likely N-dealkylation sites (tertiary alicyclic amines) is 1. The van der Waals surface area contributed by atoms with Crippen molar-refractivity contribution in [2.24, 2.45) is 0 Å². The zero-order valence-corrected chi connectivity index (χ0v) is 14.4. The zero-order chi connectivity index (χ0) is 16.7. The van der Waals surface area contributed by atoms with Crippen LogP contribution in [0.3, 0.4) is 0 Å². The van der Waals surface area contributed by atoms with E-state index in [4.69, 9.17) is 16.3 Å². The summed E-state index contributed by atoms with van der Waals surface area (Å²) in [6, 6.07) is 5.87. The first kappa shape index (κ1) is 15.5. The van der Waals surface area contributed by atoms with Crippen molar-refractivity contribution in [3.05, 3.63) is 46.7 Å². The molecule has 24 heavy (non-hydrogen) atoms. The Morgan fingerprint density at radius 2 is 2.12 bits per heavy atom. The molecule has 1 unspecified atom stereocenters. The lowest BCUT2D eigenvalue weighted by atomic mass is 9.97. The number of rotatable bonds is 2. The summed E-state index contributed by atoms with van der Waals surface area (Å²) in [5.74, 6) is 0.688. The molecule has 2 aliphatic rings. The van der Waals surface area contributed by atoms with Gasteiger partial charge in [0.15, 0.2) is 0 Å². The predicted molar refractivity (Wildman–Crippen MR) is 91.5 cm³/mol. The second kappa shape index (κ2) is 6.13. The molecule has 0 aliphatic carbocycles. The highest BCUT2D eigenvalue weighted by molar-refractivity contribution is 6.30. The van der Waals surface area contributed by atoms with E-state index < -0.39 is 0 Å². The highest BCUT2D eigenvalue weighted by atomic mass is 35.5. The average Bonchev–Trinajstić information content (AvgIpc) is 3.20. The number of hydrogen-bond donors (Lipinski definition) is 0. The SMILES string of the molecule is Cc1cnn(C2CCN(C(=O)C3COc4ccc(Cl)cc43)CC2)c1. The Hall–Kier alpha value is -2.01. The zero-order valence-electron chi connectivity index (χ0n) is 13.6. The topological polar surface area (TPSA) is 47.4 Å². The van der Waals surface area contributed by atoms with Gasteiger partial charge in [0.05, 0.1) is 12.2 Å². The van der Waals surface area contributed by atoms with Crippen LogP contribution in [0.4, 0.5) is 0 Å². The maximum atomic E-state index is 12.9. The number of piperidine rings is 1. The lowest BCUT2D eigenvalue weighted by Crippen LogP contribution is -2.42. The standard InChI is InChI=1S/C18H20ClN3O2/c1-12-9-20-22(10-12)14-4-6-21(7-5-14)18(23)16-11-24-17-3-2-13(19)8-15(16)17/h2-3,8-10,14,16H,4-7,11H2,1H3. The molecule has 1 aromatic heterocycles. The van der Waals surface area contributed by atoms with Gasteiger partial charge >= 0.3 is 0 Å². The highest BCUT2D eigenvalue weighted by Crippen LogP contribution is 2.37. The number of aromatic nitrogens is 2. The van der Waals surface area contributed by atoms with Crippen molar-refractivity contribution >= 4 is 17.5 Å². The van der Waals surface area contributed by atoms with Crippen LogP contribution in [0.25, 0.3) is 0 Å². The highest BCUT2D eigenvalue weighted by Gasteiger charge is 2.35. The van der Waals surface area contributed by atoms with Crippen molar-refractivity contribution < 1.29 is 9.53 Å². The van der Waals surface area contributed by atoms with Crippen LogP contribution in [0, 0.1) is 6.92 Å². The lowest BCUT2D eigenvalue weighted by Gasteiger charge is -2.33. The molecule has 126 valence electrons. The van der Waals surface area contributed by atoms with Gasteiger partial charge in [0.25, 0.3) is 0 Å². The molecule has 1 saturated heterocycles. The molecule has 6 heteroatoms. The molecule has 4 rings (SSSR count). The minimum absolute atomic E-state index is 0.145. The van der Waals surface area contributed by atoms with Gasteiger partial charge < -0.3 is 9.64 Å². The minimum Gasteiger partial charge on any atom is -0.492 e. The first-order valence-corrected chi connectivity index (χ1v) is 8.71. The predicted octanol–water partition coefficient (Wildman–Crippen LogP) is 3.18. The van der Waals surface area contributed by atoms with Crippen LogP contribution in [0.15, 0.2) is 30.6 Å². The maximum Gasteiger partial charge on any atom is 0.233 e. The first-order valence-electron chi connectivity index (χ1n) is 8.33. The van der Waals surface area contributed by atoms with Crippen molar-refractivity contribution in [3.8, 4) is 5.75 Å². The summed E-state index contributed by atoms with van der Waals surface area (Å²) in [6.45, 7) is 3.97. The molecule has 3 heterocycles. The molecule has 1 atom stereocenters. The summed E-state index contributed by atoms with van der Waals surface area (Å²) in [6.07, 6.45) is 5.82. The third-order valence-corrected chi connectivity index (χ3v) is 5.17. The quantitative estimate of drug-likeness (QED) is 0.839. The summed E-state index contributed by atoms with van der Waals surface area (Å²) in [5.41, 5.74) is 2.09. The average molecular weight is 346 g/mol. The van der Waals surface area contributed by atoms with Crippen molar-refractivity contribution in [1.29, 1.82) is 0 Å². The van der Waals surface area contributed by atoms with Crippen molar-refractivity contribution in [2.45, 2.75) is 31.7 Å². The van der Waals surface area contributed by atoms with E-state index in [0.717, 1.165) is 37.2 Å². The second-order valence-corrected chi connectivity index (χ2v) is 7.04. The van der Waals surface area contributed by atoms with Gasteiger partial charge in [0.1, 0.15) is 18.3 Å². The van der Waals surface area contributed by atoms with Crippen molar-refractivity contribution in [3.63, 3.8) is 0 Å². The first-order chi connectivity index (χ1) is 11.6. The fraction of sp³-hybridized carbons (Fsp3) is 0.444. The van der Waals surface area contributed by atoms with Gasteiger partial charge in [0.2, 0.25) is 5.91 Å². The Morgan fingerprint density at radius 3 is 2.83 bits per heavy atom. The molecule has 0 N–H and O–H groups in total. The van der Waals surface area contributed by atoms with E-state index in [0.29, 0.717) is 17.7 Å². The van der Waals surface area contributed by atoms with Gasteiger partial charge in [0, 0.05) is 29.9 Å². The monoisotopic (exact) mass is 345 g/mol. The summed E-state index contributed by atoms with van der Waals surface area (Å²) < 4.78 is 7.68. The smallest absolute Gasteiger partial charge is 0.233 e. The molecule has 0 radical (unpaired) electrons. The van der Waals surface area contributed by atoms with E-state index >= 15 is 0 Å². The van der Waals surface area contributed by atoms with E-state index in [1.807, 2.05) is 34.8 Å². The van der Waals surface area contributed by atoms with Crippen LogP contribution in [0.2, 0.25) is 5.02 Å². The van der Waals surface area contributed by atoms with Crippen molar-refractivity contribution in [2.75, 3.05) is 19.7 Å². The van der Waals surface area contributed by atoms with Crippen LogP contribution < -0.4 is 4.74 Å². The summed E-state index contributed by atoms with van der Waals surface area (Å²) in [5, 5.41) is 5.05. The van der Waals surface area contributed by atoms with Crippen LogP contribution in [-0.2, 0) is 4.79 Å². The maximum absolute atomic E-state index is 12.9. The number of carbonyl (C=O) groups is 1. The molecular formula is C18H20ClN3O2. The number of aryl methyl sites for hydroxylation is 1. The molecule has 1 fully saturated rings. The van der Waals surface area contributed by atoms with Crippen LogP contribution in [0.5, 0.6) is 5.75 Å². The third-order valence-electron chi connectivity index (χ3n) is 4.93. The molecular weight excluding hydrogens is 326 g/mol. The number of hydrogen-bond acceptors (Lipinski definition) is 3. The van der Waals surface area contributed by atoms with E-state index in [2.05, 4.69) is 11.3 Å². The Bertz CT molecular complexity index is 765. The third kappa shape index (κ3) is 2.77. The Labute approximate surface area is 146 Å². The Morgan fingerprint density at radius 1 is 1.33 bits per heavy atom. The number of ether oxygens (including phenoxy) is 1. The molecule has 5 nitrogen and oxygen atoms in total. The molecule has 0 bridgehead atoms. The molecule has 1 aromatic carbocycles. The number of carbonyl (C=O) groups excluding carboxylic acids is 1. The molecule has 0 saturated carbocycles. The fourth-order valence-corrected chi connectivity index (χ4v) is 3.77. The summed E-state index contributed by atoms with van der Waals surface area (Å²) >= 11 is 6.08. The number of benzene rings is 1. The minimum atomic E-state index is -0.234. The van der Waals surface area contributed by atoms with Gasteiger partial charge in [-0.05, 0) is 43.5 Å². The second-order valence-electron chi connectivity index (χ2n) is 6.60. The molecule has 0 spiro atoms. The summed E-state index contributed by atoms with van der Waals surface area (Å²) in [4.78, 5) is 14.9. The van der Waals surface area contributed by atoms with Gasteiger partial charge in [-0.25, -0.2) is 0 Å². The van der Waals surface area contributed by atoms with E-state index in [1.54, 1.807) is 6.07 Å². The van der Waals surface area contributed by atoms with Crippen LogP contribution in [-0.4, -0.2) is 40.3 Å². The number of fused-ring (bicyclic) bond motifs is 1. The van der Waals surface area contributed by atoms with E-state index in [9.17, 15) is 4.79 Å². The van der Waals surface area contributed by atoms with Gasteiger partial charge in [-0.3, -0.25) is 9.48 Å². The fourth-order valence-electron chi connectivity index (χ4n) is 3.59. The van der Waals surface area contributed by atoms with Crippen LogP contribution in [0.1, 0.15) is 35.9 Å². The van der Waals surface area contributed by atoms with Crippen LogP contribution >= 0.6 is 11.6 Å². The number of amides is 1. The van der Waals surface area contributed by atoms with Gasteiger partial charge in [-0.1, -0.05) is 11.6 Å². The number of halogens is 1. The Kier molecular flexibility index (Phi) is 3.96. The van der Waals surface area contributed by atoms with Gasteiger partial charge in [-0.2, -0.15) is 5.10 Å². The largest absolute Gasteiger partial charge is 0.492 e. The Balaban J connectivity index is 1.43.